The molecule has 3 heteroatoms. The first kappa shape index (κ1) is 22.1. The van der Waals surface area contributed by atoms with Gasteiger partial charge in [0.05, 0.1) is 17.8 Å². The highest BCUT2D eigenvalue weighted by atomic mass is 16.6. The van der Waals surface area contributed by atoms with Crippen LogP contribution in [0.15, 0.2) is 12.1 Å². The maximum atomic E-state index is 12.1. The molecule has 0 bridgehead atoms. The van der Waals surface area contributed by atoms with Gasteiger partial charge in [0.2, 0.25) is 0 Å². The van der Waals surface area contributed by atoms with E-state index in [4.69, 9.17) is 9.47 Å². The first-order valence-corrected chi connectivity index (χ1v) is 10.4. The minimum absolute atomic E-state index is 0.0774. The third-order valence-corrected chi connectivity index (χ3v) is 6.06. The monoisotopic (exact) mass is 374 g/mol. The Kier molecular flexibility index (Phi) is 6.91. The first-order chi connectivity index (χ1) is 12.5. The van der Waals surface area contributed by atoms with Gasteiger partial charge in [-0.1, -0.05) is 53.7 Å². The van der Waals surface area contributed by atoms with E-state index in [0.717, 1.165) is 0 Å². The molecule has 1 aliphatic carbocycles. The fraction of sp³-hybridized carbons (Fsp3) is 0.708. The zero-order valence-corrected chi connectivity index (χ0v) is 18.7. The molecule has 0 N–H and O–H groups in total. The van der Waals surface area contributed by atoms with Crippen molar-refractivity contribution in [3.63, 3.8) is 0 Å². The summed E-state index contributed by atoms with van der Waals surface area (Å²) in [6.45, 7) is 17.6. The minimum Gasteiger partial charge on any atom is -0.375 e. The molecule has 1 unspecified atom stereocenters. The van der Waals surface area contributed by atoms with E-state index in [1.165, 1.54) is 22.3 Å². The summed E-state index contributed by atoms with van der Waals surface area (Å²) in [7, 11) is 1.68. The van der Waals surface area contributed by atoms with Crippen molar-refractivity contribution < 1.29 is 14.3 Å². The van der Waals surface area contributed by atoms with E-state index >= 15 is 0 Å². The highest BCUT2D eigenvalue weighted by Crippen LogP contribution is 2.40. The van der Waals surface area contributed by atoms with Crippen LogP contribution in [-0.4, -0.2) is 24.6 Å². The highest BCUT2D eigenvalue weighted by Gasteiger charge is 2.45. The number of benzene rings is 1. The number of ketones is 1. The van der Waals surface area contributed by atoms with Gasteiger partial charge in [-0.15, -0.1) is 0 Å². The van der Waals surface area contributed by atoms with Crippen LogP contribution in [0.4, 0.5) is 0 Å². The molecule has 0 aliphatic heterocycles. The van der Waals surface area contributed by atoms with E-state index in [-0.39, 0.29) is 18.0 Å². The Morgan fingerprint density at radius 3 is 1.89 bits per heavy atom. The van der Waals surface area contributed by atoms with Crippen LogP contribution in [0.25, 0.3) is 0 Å². The molecule has 1 aromatic carbocycles. The summed E-state index contributed by atoms with van der Waals surface area (Å²) in [5, 5.41) is 0. The molecule has 0 amide bonds. The van der Waals surface area contributed by atoms with Crippen LogP contribution in [0.5, 0.6) is 0 Å². The Labute approximate surface area is 165 Å². The van der Waals surface area contributed by atoms with Crippen LogP contribution in [0.3, 0.4) is 0 Å². The van der Waals surface area contributed by atoms with Crippen LogP contribution >= 0.6 is 0 Å². The maximum Gasteiger partial charge on any atom is 0.138 e. The Morgan fingerprint density at radius 2 is 1.48 bits per heavy atom. The fourth-order valence-electron chi connectivity index (χ4n) is 4.19. The Bertz CT molecular complexity index is 645. The zero-order chi connectivity index (χ0) is 20.5. The first-order valence-electron chi connectivity index (χ1n) is 10.4. The summed E-state index contributed by atoms with van der Waals surface area (Å²) < 4.78 is 12.2. The number of hydrogen-bond donors (Lipinski definition) is 0. The van der Waals surface area contributed by atoms with Gasteiger partial charge < -0.3 is 9.47 Å². The standard InChI is InChI=1S/C24H38O3/c1-14(2)18-10-20(15(3)4)23(21(11-18)16(5)6)17(7)27-22-12-19(25)13-24(22,8)26-9/h10-11,14-17,22H,12-13H2,1-9H3/t17?,22-,24-/m0/s1. The third-order valence-electron chi connectivity index (χ3n) is 6.06. The Balaban J connectivity index is 2.47. The second-order valence-electron chi connectivity index (χ2n) is 9.28. The zero-order valence-electron chi connectivity index (χ0n) is 18.7. The lowest BCUT2D eigenvalue weighted by Crippen LogP contribution is -2.38. The maximum absolute atomic E-state index is 12.1. The normalized spacial score (nSPS) is 24.4. The van der Waals surface area contributed by atoms with Crippen molar-refractivity contribution in [1.82, 2.24) is 0 Å². The summed E-state index contributed by atoms with van der Waals surface area (Å²) in [5.74, 6) is 1.55. The molecule has 0 heterocycles. The molecule has 27 heavy (non-hydrogen) atoms. The number of carbonyl (C=O) groups is 1. The van der Waals surface area contributed by atoms with Crippen molar-refractivity contribution in [2.75, 3.05) is 7.11 Å². The third kappa shape index (κ3) is 4.63. The Morgan fingerprint density at radius 1 is 0.963 bits per heavy atom. The van der Waals surface area contributed by atoms with E-state index < -0.39 is 5.60 Å². The number of methoxy groups -OCH3 is 1. The quantitative estimate of drug-likeness (QED) is 0.564. The molecule has 3 atom stereocenters. The average molecular weight is 375 g/mol. The molecule has 0 radical (unpaired) electrons. The van der Waals surface area contributed by atoms with Crippen molar-refractivity contribution in [2.24, 2.45) is 0 Å². The molecule has 1 aromatic rings. The molecular weight excluding hydrogens is 336 g/mol. The van der Waals surface area contributed by atoms with E-state index in [1.54, 1.807) is 7.11 Å². The SMILES string of the molecule is CO[C@@]1(C)CC(=O)C[C@@H]1OC(C)c1c(C(C)C)cc(C(C)C)cc1C(C)C. The molecule has 1 saturated carbocycles. The smallest absolute Gasteiger partial charge is 0.138 e. The van der Waals surface area contributed by atoms with Crippen LogP contribution in [-0.2, 0) is 14.3 Å². The summed E-state index contributed by atoms with van der Waals surface area (Å²) >= 11 is 0. The average Bonchev–Trinajstić information content (AvgIpc) is 2.87. The van der Waals surface area contributed by atoms with Gasteiger partial charge in [0.1, 0.15) is 5.78 Å². The number of hydrogen-bond acceptors (Lipinski definition) is 3. The van der Waals surface area contributed by atoms with Gasteiger partial charge in [0.15, 0.2) is 0 Å². The van der Waals surface area contributed by atoms with Crippen LogP contribution in [0, 0.1) is 0 Å². The molecule has 0 spiro atoms. The van der Waals surface area contributed by atoms with Crippen LogP contribution in [0.2, 0.25) is 0 Å². The molecule has 3 nitrogen and oxygen atoms in total. The largest absolute Gasteiger partial charge is 0.375 e. The fourth-order valence-corrected chi connectivity index (χ4v) is 4.19. The van der Waals surface area contributed by atoms with Gasteiger partial charge in [-0.2, -0.15) is 0 Å². The summed E-state index contributed by atoms with van der Waals surface area (Å²) in [6.07, 6.45) is 0.592. The van der Waals surface area contributed by atoms with Crippen LogP contribution in [0.1, 0.15) is 114 Å². The number of carbonyl (C=O) groups excluding carboxylic acids is 1. The lowest BCUT2D eigenvalue weighted by molar-refractivity contribution is -0.124. The predicted molar refractivity (Wildman–Crippen MR) is 112 cm³/mol. The molecule has 1 aliphatic rings. The van der Waals surface area contributed by atoms with Crippen molar-refractivity contribution in [3.8, 4) is 0 Å². The van der Waals surface area contributed by atoms with Crippen molar-refractivity contribution in [1.29, 1.82) is 0 Å². The van der Waals surface area contributed by atoms with E-state index in [0.29, 0.717) is 30.6 Å². The van der Waals surface area contributed by atoms with Gasteiger partial charge in [-0.25, -0.2) is 0 Å². The summed E-state index contributed by atoms with van der Waals surface area (Å²) in [5.41, 5.74) is 4.87. The topological polar surface area (TPSA) is 35.5 Å². The second-order valence-corrected chi connectivity index (χ2v) is 9.28. The molecular formula is C24H38O3. The van der Waals surface area contributed by atoms with Gasteiger partial charge in [0, 0.05) is 20.0 Å². The molecule has 0 saturated heterocycles. The number of rotatable bonds is 7. The van der Waals surface area contributed by atoms with Crippen LogP contribution < -0.4 is 0 Å². The minimum atomic E-state index is -0.529. The second kappa shape index (κ2) is 8.45. The summed E-state index contributed by atoms with van der Waals surface area (Å²) in [6, 6.07) is 4.71. The van der Waals surface area contributed by atoms with E-state index in [2.05, 4.69) is 60.6 Å². The number of Topliss-reactive ketones (excluding diaryl/α,β-unsaturated/α-hetero) is 1. The molecule has 2 rings (SSSR count). The Hall–Kier alpha value is -1.19. The predicted octanol–water partition coefficient (Wildman–Crippen LogP) is 6.27. The number of ether oxygens (including phenoxy) is 2. The van der Waals surface area contributed by atoms with Gasteiger partial charge in [-0.3, -0.25) is 4.79 Å². The van der Waals surface area contributed by atoms with Crippen molar-refractivity contribution >= 4 is 5.78 Å². The van der Waals surface area contributed by atoms with Gasteiger partial charge in [-0.05, 0) is 53.9 Å². The summed E-state index contributed by atoms with van der Waals surface area (Å²) in [4.78, 5) is 12.1. The van der Waals surface area contributed by atoms with Gasteiger partial charge in [0.25, 0.3) is 0 Å². The van der Waals surface area contributed by atoms with Crippen molar-refractivity contribution in [2.45, 2.75) is 104 Å². The van der Waals surface area contributed by atoms with E-state index in [9.17, 15) is 4.79 Å². The molecule has 0 aromatic heterocycles. The highest BCUT2D eigenvalue weighted by molar-refractivity contribution is 5.83. The molecule has 152 valence electrons. The lowest BCUT2D eigenvalue weighted by atomic mass is 9.82. The lowest BCUT2D eigenvalue weighted by Gasteiger charge is -2.33. The molecule has 1 fully saturated rings. The van der Waals surface area contributed by atoms with Gasteiger partial charge >= 0.3 is 0 Å². The van der Waals surface area contributed by atoms with E-state index in [1.807, 2.05) is 6.92 Å². The van der Waals surface area contributed by atoms with Crippen molar-refractivity contribution in [3.05, 3.63) is 34.4 Å².